The fraction of sp³-hybridized carbons (Fsp3) is 0.568. The molecule has 4 saturated carbocycles. The molecule has 0 radical (unpaired) electrons. The van der Waals surface area contributed by atoms with Crippen LogP contribution in [-0.4, -0.2) is 63.1 Å². The van der Waals surface area contributed by atoms with E-state index >= 15 is 0 Å². The summed E-state index contributed by atoms with van der Waals surface area (Å²) in [6.07, 6.45) is 27.9. The summed E-state index contributed by atoms with van der Waals surface area (Å²) in [5.74, 6) is -3.60. The number of carbonyl (C=O) groups excluding carboxylic acids is 3. The van der Waals surface area contributed by atoms with Crippen LogP contribution in [0.3, 0.4) is 0 Å². The number of ether oxygens (including phenoxy) is 2. The van der Waals surface area contributed by atoms with E-state index in [0.29, 0.717) is 11.1 Å². The maximum absolute atomic E-state index is 14.4. The molecular formula is C44H54O8. The molecule has 8 nitrogen and oxygen atoms in total. The summed E-state index contributed by atoms with van der Waals surface area (Å²) >= 11 is 0. The minimum absolute atomic E-state index is 0.0274. The Morgan fingerprint density at radius 3 is 2.54 bits per heavy atom. The Morgan fingerprint density at radius 2 is 1.81 bits per heavy atom. The lowest BCUT2D eigenvalue weighted by molar-refractivity contribution is -0.187. The molecule has 8 heteroatoms. The van der Waals surface area contributed by atoms with E-state index in [1.807, 2.05) is 50.3 Å². The van der Waals surface area contributed by atoms with E-state index in [1.54, 1.807) is 25.2 Å². The zero-order chi connectivity index (χ0) is 37.2. The number of hydrogen-bond donors (Lipinski definition) is 3. The van der Waals surface area contributed by atoms with E-state index in [2.05, 4.69) is 37.8 Å². The highest BCUT2D eigenvalue weighted by Crippen LogP contribution is 2.77. The van der Waals surface area contributed by atoms with Crippen LogP contribution in [0.5, 0.6) is 0 Å². The van der Waals surface area contributed by atoms with Crippen molar-refractivity contribution in [2.45, 2.75) is 76.6 Å². The summed E-state index contributed by atoms with van der Waals surface area (Å²) < 4.78 is 12.8. The van der Waals surface area contributed by atoms with E-state index in [9.17, 15) is 29.7 Å². The zero-order valence-electron chi connectivity index (χ0n) is 30.8. The third-order valence-electron chi connectivity index (χ3n) is 14.0. The molecule has 1 spiro atoms. The van der Waals surface area contributed by atoms with Gasteiger partial charge in [0.05, 0.1) is 24.5 Å². The molecule has 0 aromatic rings. The lowest BCUT2D eigenvalue weighted by atomic mass is 9.60. The van der Waals surface area contributed by atoms with Gasteiger partial charge in [0.1, 0.15) is 17.8 Å². The molecule has 278 valence electrons. The molecule has 4 fully saturated rings. The molecule has 0 aromatic carbocycles. The van der Waals surface area contributed by atoms with Gasteiger partial charge in [-0.2, -0.15) is 0 Å². The van der Waals surface area contributed by atoms with Gasteiger partial charge in [-0.15, -0.1) is 6.58 Å². The van der Waals surface area contributed by atoms with Crippen molar-refractivity contribution in [1.82, 2.24) is 0 Å². The summed E-state index contributed by atoms with van der Waals surface area (Å²) in [6.45, 7) is 11.3. The summed E-state index contributed by atoms with van der Waals surface area (Å²) in [5.41, 5.74) is -4.62. The minimum atomic E-state index is -1.90. The fourth-order valence-corrected chi connectivity index (χ4v) is 11.5. The first-order valence-electron chi connectivity index (χ1n) is 19.2. The second kappa shape index (κ2) is 13.4. The first kappa shape index (κ1) is 36.8. The van der Waals surface area contributed by atoms with Crippen molar-refractivity contribution in [3.05, 3.63) is 96.7 Å². The second-order valence-corrected chi connectivity index (χ2v) is 16.8. The number of allylic oxidation sites excluding steroid dienone is 10. The molecule has 0 saturated heterocycles. The average Bonchev–Trinajstić information content (AvgIpc) is 3.85. The molecule has 0 bridgehead atoms. The molecule has 1 aliphatic heterocycles. The molecule has 1 heterocycles. The Kier molecular flexibility index (Phi) is 9.45. The van der Waals surface area contributed by atoms with Crippen molar-refractivity contribution in [3.63, 3.8) is 0 Å². The fourth-order valence-electron chi connectivity index (χ4n) is 11.5. The normalized spacial score (nSPS) is 47.8. The topological polar surface area (TPSA) is 130 Å². The van der Waals surface area contributed by atoms with E-state index in [0.717, 1.165) is 12.8 Å². The summed E-state index contributed by atoms with van der Waals surface area (Å²) in [6, 6.07) is 0. The predicted octanol–water partition coefficient (Wildman–Crippen LogP) is 5.93. The van der Waals surface area contributed by atoms with E-state index in [4.69, 9.17) is 9.47 Å². The first-order valence-corrected chi connectivity index (χ1v) is 19.2. The third-order valence-corrected chi connectivity index (χ3v) is 14.0. The van der Waals surface area contributed by atoms with E-state index in [-0.39, 0.29) is 67.3 Å². The van der Waals surface area contributed by atoms with E-state index in [1.165, 1.54) is 0 Å². The highest BCUT2D eigenvalue weighted by molar-refractivity contribution is 6.04. The summed E-state index contributed by atoms with van der Waals surface area (Å²) in [4.78, 5) is 41.2. The first-order chi connectivity index (χ1) is 24.8. The summed E-state index contributed by atoms with van der Waals surface area (Å²) in [7, 11) is 0. The van der Waals surface area contributed by atoms with Crippen LogP contribution in [0, 0.1) is 64.6 Å². The molecule has 3 N–H and O–H groups in total. The van der Waals surface area contributed by atoms with Crippen LogP contribution in [0.2, 0.25) is 0 Å². The van der Waals surface area contributed by atoms with Gasteiger partial charge < -0.3 is 24.8 Å². The van der Waals surface area contributed by atoms with Gasteiger partial charge in [-0.05, 0) is 66.4 Å². The largest absolute Gasteiger partial charge is 0.465 e. The van der Waals surface area contributed by atoms with Gasteiger partial charge in [-0.3, -0.25) is 14.4 Å². The van der Waals surface area contributed by atoms with Gasteiger partial charge in [0.2, 0.25) is 0 Å². The number of fused-ring (bicyclic) bond motifs is 8. The molecule has 14 atom stereocenters. The lowest BCUT2D eigenvalue weighted by Gasteiger charge is -2.50. The number of rotatable bonds is 7. The molecule has 0 unspecified atom stereocenters. The number of aliphatic hydroxyl groups is 3. The Labute approximate surface area is 307 Å². The van der Waals surface area contributed by atoms with E-state index < -0.39 is 64.2 Å². The number of unbranched alkanes of at least 4 members (excludes halogenated alkanes) is 1. The maximum Gasteiger partial charge on any atom is 0.310 e. The molecule has 7 rings (SSSR count). The van der Waals surface area contributed by atoms with Gasteiger partial charge in [0, 0.05) is 29.6 Å². The number of Topliss-reactive ketones (excluding diaryl/α,β-unsaturated/α-hetero) is 1. The predicted molar refractivity (Wildman–Crippen MR) is 197 cm³/mol. The Balaban J connectivity index is 1.21. The second-order valence-electron chi connectivity index (χ2n) is 16.8. The third kappa shape index (κ3) is 5.38. The number of hydrogen-bond acceptors (Lipinski definition) is 8. The standard InChI is InChI=1S/C44H54O8/c1-6-8-9-10-11-12-14-18-31-35-29(7-2)30-17-15-13-16-19-34(46)52-43-22-27(4)44(50)32(38(43)41(43,5)25-51-40(48)37(30)36(31)35)21-28(24-45)23-42(49)33(44)20-26(3)39(42)47/h7,9-18,20-21,27,29-33,35-38,45,49-50H,2,6,8,19,22-25H2,1,3-5H3/b10-9+,12-11+,16-13-,17-15-,18-14+/t27-,29+,30-,31+,32+,33-,35-,36-,37-,38-,41-,42-,43+,44-/m1/s1. The van der Waals surface area contributed by atoms with Gasteiger partial charge in [-0.1, -0.05) is 106 Å². The van der Waals surface area contributed by atoms with Gasteiger partial charge in [0.25, 0.3) is 0 Å². The van der Waals surface area contributed by atoms with Gasteiger partial charge in [-0.25, -0.2) is 0 Å². The highest BCUT2D eigenvalue weighted by atomic mass is 16.6. The van der Waals surface area contributed by atoms with Crippen LogP contribution in [-0.2, 0) is 23.9 Å². The van der Waals surface area contributed by atoms with Crippen LogP contribution in [0.25, 0.3) is 0 Å². The van der Waals surface area contributed by atoms with Crippen LogP contribution >= 0.6 is 0 Å². The maximum atomic E-state index is 14.4. The highest BCUT2D eigenvalue weighted by Gasteiger charge is 2.85. The van der Waals surface area contributed by atoms with Crippen molar-refractivity contribution in [3.8, 4) is 0 Å². The van der Waals surface area contributed by atoms with Crippen molar-refractivity contribution < 1.29 is 39.2 Å². The molecule has 6 aliphatic carbocycles. The SMILES string of the molecule is C=C[C@H]1[C@H]2/C=C\C=C/CC(=O)O[C@@]34C[C@@H](C)[C@@]5(O)[C@@H](C=C(CO)C[C@]6(O)C(=O)C(C)=C[C@@H]56)[C@@H]3[C@@]4(C)COC(=O)[C@H]2[C@@H]2[C@@H](/C=C/C=C/C=C/CCC)[C@@H]12. The van der Waals surface area contributed by atoms with Gasteiger partial charge in [0.15, 0.2) is 5.78 Å². The van der Waals surface area contributed by atoms with Crippen LogP contribution in [0.4, 0.5) is 0 Å². The average molecular weight is 711 g/mol. The Morgan fingerprint density at radius 1 is 1.04 bits per heavy atom. The minimum Gasteiger partial charge on any atom is -0.465 e. The number of esters is 2. The number of aliphatic hydroxyl groups excluding tert-OH is 1. The molecule has 7 aliphatic rings. The van der Waals surface area contributed by atoms with Crippen molar-refractivity contribution in [2.75, 3.05) is 13.2 Å². The monoisotopic (exact) mass is 710 g/mol. The molecule has 0 amide bonds. The van der Waals surface area contributed by atoms with Crippen molar-refractivity contribution >= 4 is 17.7 Å². The Bertz CT molecular complexity index is 1730. The number of ketones is 1. The van der Waals surface area contributed by atoms with Crippen LogP contribution in [0.15, 0.2) is 96.7 Å². The molecule has 0 aromatic heterocycles. The van der Waals surface area contributed by atoms with Gasteiger partial charge >= 0.3 is 11.9 Å². The lowest BCUT2D eigenvalue weighted by Crippen LogP contribution is -2.61. The van der Waals surface area contributed by atoms with Crippen molar-refractivity contribution in [2.24, 2.45) is 64.6 Å². The number of cyclic esters (lactones) is 1. The number of carbonyl (C=O) groups is 3. The quantitative estimate of drug-likeness (QED) is 0.169. The summed E-state index contributed by atoms with van der Waals surface area (Å²) in [5, 5.41) is 35.2. The van der Waals surface area contributed by atoms with Crippen LogP contribution in [0.1, 0.15) is 59.8 Å². The Hall–Kier alpha value is -3.59. The smallest absolute Gasteiger partial charge is 0.310 e. The zero-order valence-corrected chi connectivity index (χ0v) is 30.8. The molecular weight excluding hydrogens is 656 g/mol. The molecule has 52 heavy (non-hydrogen) atoms. The van der Waals surface area contributed by atoms with Crippen molar-refractivity contribution in [1.29, 1.82) is 0 Å². The van der Waals surface area contributed by atoms with Crippen LogP contribution < -0.4 is 0 Å².